The van der Waals surface area contributed by atoms with Gasteiger partial charge in [0.25, 0.3) is 11.6 Å². The molecule has 7 heteroatoms. The summed E-state index contributed by atoms with van der Waals surface area (Å²) >= 11 is 0. The van der Waals surface area contributed by atoms with E-state index in [4.69, 9.17) is 5.73 Å². The van der Waals surface area contributed by atoms with E-state index in [1.54, 1.807) is 11.0 Å². The molecule has 3 rings (SSSR count). The summed E-state index contributed by atoms with van der Waals surface area (Å²) in [5.41, 5.74) is 5.74. The Kier molecular flexibility index (Phi) is 3.06. The molecule has 1 aromatic rings. The molecular weight excluding hydrogens is 260 g/mol. The highest BCUT2D eigenvalue weighted by molar-refractivity contribution is 5.95. The number of fused-ring (bicyclic) bond motifs is 1. The number of hydrogen-bond acceptors (Lipinski definition) is 5. The Bertz CT molecular complexity index is 563. The SMILES string of the molecule is Nc1ccc(C(=O)N2C[C@H]3CNC[C@H]3C2)cc1[N+](=O)[O-]. The van der Waals surface area contributed by atoms with Crippen molar-refractivity contribution in [2.75, 3.05) is 31.9 Å². The first-order valence-corrected chi connectivity index (χ1v) is 6.60. The van der Waals surface area contributed by atoms with E-state index in [9.17, 15) is 14.9 Å². The topological polar surface area (TPSA) is 102 Å². The van der Waals surface area contributed by atoms with Crippen molar-refractivity contribution >= 4 is 17.3 Å². The summed E-state index contributed by atoms with van der Waals surface area (Å²) in [5, 5.41) is 14.2. The van der Waals surface area contributed by atoms with E-state index < -0.39 is 4.92 Å². The van der Waals surface area contributed by atoms with Gasteiger partial charge in [0.15, 0.2) is 0 Å². The third kappa shape index (κ3) is 2.09. The lowest BCUT2D eigenvalue weighted by Crippen LogP contribution is -2.31. The highest BCUT2D eigenvalue weighted by atomic mass is 16.6. The number of rotatable bonds is 2. The second-order valence-corrected chi connectivity index (χ2v) is 5.42. The summed E-state index contributed by atoms with van der Waals surface area (Å²) in [4.78, 5) is 24.5. The average molecular weight is 276 g/mol. The molecule has 1 aromatic carbocycles. The van der Waals surface area contributed by atoms with Crippen molar-refractivity contribution in [3.8, 4) is 0 Å². The Morgan fingerprint density at radius 1 is 1.35 bits per heavy atom. The summed E-state index contributed by atoms with van der Waals surface area (Å²) in [5.74, 6) is 0.855. The van der Waals surface area contributed by atoms with E-state index in [-0.39, 0.29) is 17.3 Å². The predicted molar refractivity (Wildman–Crippen MR) is 73.3 cm³/mol. The highest BCUT2D eigenvalue weighted by Crippen LogP contribution is 2.29. The number of nitro groups is 1. The van der Waals surface area contributed by atoms with Crippen LogP contribution < -0.4 is 11.1 Å². The van der Waals surface area contributed by atoms with Crippen LogP contribution in [0, 0.1) is 22.0 Å². The molecule has 1 amide bonds. The molecule has 2 heterocycles. The van der Waals surface area contributed by atoms with Crippen molar-refractivity contribution in [1.29, 1.82) is 0 Å². The van der Waals surface area contributed by atoms with Gasteiger partial charge in [0, 0.05) is 37.8 Å². The zero-order valence-corrected chi connectivity index (χ0v) is 10.9. The molecule has 0 aromatic heterocycles. The van der Waals surface area contributed by atoms with Crippen molar-refractivity contribution in [3.63, 3.8) is 0 Å². The van der Waals surface area contributed by atoms with Crippen LogP contribution in [0.25, 0.3) is 0 Å². The molecule has 0 spiro atoms. The standard InChI is InChI=1S/C13H16N4O3/c14-11-2-1-8(3-12(11)17(19)20)13(18)16-6-9-4-15-5-10(9)7-16/h1-3,9-10,15H,4-7,14H2/t9-,10+. The van der Waals surface area contributed by atoms with Gasteiger partial charge in [-0.1, -0.05) is 0 Å². The predicted octanol–water partition coefficient (Wildman–Crippen LogP) is 0.468. The maximum Gasteiger partial charge on any atom is 0.292 e. The molecule has 2 atom stereocenters. The zero-order valence-electron chi connectivity index (χ0n) is 10.9. The molecule has 2 aliphatic rings. The fourth-order valence-corrected chi connectivity index (χ4v) is 3.04. The van der Waals surface area contributed by atoms with Gasteiger partial charge in [0.1, 0.15) is 5.69 Å². The van der Waals surface area contributed by atoms with Crippen molar-refractivity contribution in [1.82, 2.24) is 10.2 Å². The molecule has 3 N–H and O–H groups in total. The molecule has 0 radical (unpaired) electrons. The molecule has 0 aliphatic carbocycles. The Morgan fingerprint density at radius 2 is 2.00 bits per heavy atom. The van der Waals surface area contributed by atoms with Crippen molar-refractivity contribution in [2.24, 2.45) is 11.8 Å². The van der Waals surface area contributed by atoms with Crippen LogP contribution in [-0.2, 0) is 0 Å². The van der Waals surface area contributed by atoms with E-state index in [0.717, 1.165) is 13.1 Å². The molecule has 7 nitrogen and oxygen atoms in total. The lowest BCUT2D eigenvalue weighted by molar-refractivity contribution is -0.383. The van der Waals surface area contributed by atoms with Crippen LogP contribution >= 0.6 is 0 Å². The van der Waals surface area contributed by atoms with Gasteiger partial charge in [0.2, 0.25) is 0 Å². The smallest absolute Gasteiger partial charge is 0.292 e. The van der Waals surface area contributed by atoms with Crippen LogP contribution in [0.3, 0.4) is 0 Å². The van der Waals surface area contributed by atoms with E-state index in [1.807, 2.05) is 0 Å². The number of benzene rings is 1. The Hall–Kier alpha value is -2.15. The first-order valence-electron chi connectivity index (χ1n) is 6.60. The van der Waals surface area contributed by atoms with Gasteiger partial charge in [-0.05, 0) is 24.0 Å². The van der Waals surface area contributed by atoms with Crippen LogP contribution in [0.1, 0.15) is 10.4 Å². The second kappa shape index (κ2) is 4.75. The molecule has 106 valence electrons. The lowest BCUT2D eigenvalue weighted by atomic mass is 10.0. The molecular formula is C13H16N4O3. The number of amides is 1. The second-order valence-electron chi connectivity index (χ2n) is 5.42. The first-order chi connectivity index (χ1) is 9.56. The fourth-order valence-electron chi connectivity index (χ4n) is 3.04. The van der Waals surface area contributed by atoms with Crippen LogP contribution in [0.5, 0.6) is 0 Å². The van der Waals surface area contributed by atoms with Gasteiger partial charge in [-0.25, -0.2) is 0 Å². The van der Waals surface area contributed by atoms with Crippen LogP contribution in [0.2, 0.25) is 0 Å². The molecule has 0 saturated carbocycles. The number of nitrogen functional groups attached to an aromatic ring is 1. The van der Waals surface area contributed by atoms with Crippen molar-refractivity contribution in [3.05, 3.63) is 33.9 Å². The lowest BCUT2D eigenvalue weighted by Gasteiger charge is -2.17. The largest absolute Gasteiger partial charge is 0.393 e. The van der Waals surface area contributed by atoms with Crippen molar-refractivity contribution < 1.29 is 9.72 Å². The normalized spacial score (nSPS) is 24.7. The number of likely N-dealkylation sites (tertiary alicyclic amines) is 1. The Labute approximate surface area is 115 Å². The van der Waals surface area contributed by atoms with Gasteiger partial charge in [-0.3, -0.25) is 14.9 Å². The van der Waals surface area contributed by atoms with E-state index >= 15 is 0 Å². The van der Waals surface area contributed by atoms with Gasteiger partial charge < -0.3 is 16.0 Å². The van der Waals surface area contributed by atoms with Crippen LogP contribution in [0.4, 0.5) is 11.4 Å². The molecule has 0 bridgehead atoms. The third-order valence-corrected chi connectivity index (χ3v) is 4.15. The molecule has 20 heavy (non-hydrogen) atoms. The number of nitro benzene ring substituents is 1. The third-order valence-electron chi connectivity index (χ3n) is 4.15. The maximum absolute atomic E-state index is 12.4. The minimum Gasteiger partial charge on any atom is -0.393 e. The van der Waals surface area contributed by atoms with Gasteiger partial charge in [0.05, 0.1) is 4.92 Å². The number of nitrogens with zero attached hydrogens (tertiary/aromatic N) is 2. The molecule has 2 aliphatic heterocycles. The van der Waals surface area contributed by atoms with Gasteiger partial charge >= 0.3 is 0 Å². The Balaban J connectivity index is 1.81. The summed E-state index contributed by atoms with van der Waals surface area (Å²) in [6.07, 6.45) is 0. The maximum atomic E-state index is 12.4. The quantitative estimate of drug-likeness (QED) is 0.464. The first kappa shape index (κ1) is 12.9. The number of anilines is 1. The highest BCUT2D eigenvalue weighted by Gasteiger charge is 2.38. The van der Waals surface area contributed by atoms with Gasteiger partial charge in [-0.15, -0.1) is 0 Å². The van der Waals surface area contributed by atoms with Crippen LogP contribution in [-0.4, -0.2) is 41.9 Å². The monoisotopic (exact) mass is 276 g/mol. The number of carbonyl (C=O) groups excluding carboxylic acids is 1. The van der Waals surface area contributed by atoms with Crippen LogP contribution in [0.15, 0.2) is 18.2 Å². The number of carbonyl (C=O) groups is 1. The number of hydrogen-bond donors (Lipinski definition) is 2. The Morgan fingerprint density at radius 3 is 2.60 bits per heavy atom. The number of nitrogens with two attached hydrogens (primary N) is 1. The summed E-state index contributed by atoms with van der Waals surface area (Å²) in [6, 6.07) is 4.24. The van der Waals surface area contributed by atoms with Gasteiger partial charge in [-0.2, -0.15) is 0 Å². The minimum absolute atomic E-state index is 0.0778. The molecule has 2 saturated heterocycles. The summed E-state index contributed by atoms with van der Waals surface area (Å²) in [7, 11) is 0. The summed E-state index contributed by atoms with van der Waals surface area (Å²) < 4.78 is 0. The fraction of sp³-hybridized carbons (Fsp3) is 0.462. The van der Waals surface area contributed by atoms with E-state index in [2.05, 4.69) is 5.32 Å². The zero-order chi connectivity index (χ0) is 14.3. The van der Waals surface area contributed by atoms with E-state index in [1.165, 1.54) is 12.1 Å². The minimum atomic E-state index is -0.561. The van der Waals surface area contributed by atoms with E-state index in [0.29, 0.717) is 30.5 Å². The van der Waals surface area contributed by atoms with Crippen molar-refractivity contribution in [2.45, 2.75) is 0 Å². The summed E-state index contributed by atoms with van der Waals surface area (Å²) in [6.45, 7) is 3.32. The number of nitrogens with one attached hydrogen (secondary N) is 1. The average Bonchev–Trinajstić information content (AvgIpc) is 2.98. The molecule has 2 fully saturated rings. The molecule has 0 unspecified atom stereocenters.